The quantitative estimate of drug-likeness (QED) is 0.148. The molecule has 1 atom stereocenters. The van der Waals surface area contributed by atoms with E-state index in [1.165, 1.54) is 33.4 Å². The zero-order valence-corrected chi connectivity index (χ0v) is 24.9. The van der Waals surface area contributed by atoms with Gasteiger partial charge in [-0.05, 0) is 102 Å². The lowest BCUT2D eigenvalue weighted by Crippen LogP contribution is -2.31. The molecule has 0 aliphatic rings. The fourth-order valence-corrected chi connectivity index (χ4v) is 4.90. The van der Waals surface area contributed by atoms with Crippen LogP contribution in [0.2, 0.25) is 0 Å². The fraction of sp³-hybridized carbons (Fsp3) is 0.211. The van der Waals surface area contributed by atoms with E-state index >= 15 is 0 Å². The van der Waals surface area contributed by atoms with E-state index in [-0.39, 0.29) is 6.04 Å². The van der Waals surface area contributed by atoms with Crippen molar-refractivity contribution in [3.8, 4) is 0 Å². The summed E-state index contributed by atoms with van der Waals surface area (Å²) in [5, 5.41) is 0. The van der Waals surface area contributed by atoms with Gasteiger partial charge in [0.15, 0.2) is 0 Å². The molecule has 40 heavy (non-hydrogen) atoms. The lowest BCUT2D eigenvalue weighted by Gasteiger charge is -2.21. The maximum atomic E-state index is 5.88. The van der Waals surface area contributed by atoms with Crippen molar-refractivity contribution in [3.63, 3.8) is 0 Å². The highest BCUT2D eigenvalue weighted by molar-refractivity contribution is 6.05. The Kier molecular flexibility index (Phi) is 11.4. The minimum absolute atomic E-state index is 0.0846. The van der Waals surface area contributed by atoms with Gasteiger partial charge in [-0.25, -0.2) is 0 Å². The lowest BCUT2D eigenvalue weighted by molar-refractivity contribution is 0.421. The van der Waals surface area contributed by atoms with Gasteiger partial charge in [0.1, 0.15) is 0 Å². The molecule has 0 radical (unpaired) electrons. The Balaban J connectivity index is 2.05. The molecule has 206 valence electrons. The Hall–Kier alpha value is -3.98. The summed E-state index contributed by atoms with van der Waals surface area (Å²) < 4.78 is 0. The van der Waals surface area contributed by atoms with Gasteiger partial charge in [0.2, 0.25) is 0 Å². The van der Waals surface area contributed by atoms with Crippen LogP contribution in [0.3, 0.4) is 0 Å². The smallest absolute Gasteiger partial charge is 0.0483 e. The van der Waals surface area contributed by atoms with Crippen molar-refractivity contribution < 1.29 is 0 Å². The molecule has 3 rings (SSSR count). The van der Waals surface area contributed by atoms with E-state index in [2.05, 4.69) is 163 Å². The topological polar surface area (TPSA) is 38.0 Å². The molecule has 0 fully saturated rings. The Labute approximate surface area is 242 Å². The first-order chi connectivity index (χ1) is 19.3. The summed E-state index contributed by atoms with van der Waals surface area (Å²) in [5.41, 5.74) is 14.7. The standard InChI is InChI=1S/C38H44N2/c1-8-29(24-30(9-2)33-19-15-21-35(26-33)38(40-39)28(6)7)32-18-14-20-34(25-32)36(10-3)37(23-22-27(4)5)31-16-12-11-13-17-31/h8-26,28,38,40H,2,39H2,1,3-7H3/b29-8+,30-24+,36-10-,37-23-. The van der Waals surface area contributed by atoms with Gasteiger partial charge in [-0.1, -0.05) is 123 Å². The van der Waals surface area contributed by atoms with Crippen molar-refractivity contribution in [2.45, 2.75) is 47.6 Å². The summed E-state index contributed by atoms with van der Waals surface area (Å²) in [6, 6.07) is 28.0. The zero-order valence-electron chi connectivity index (χ0n) is 24.9. The van der Waals surface area contributed by atoms with Crippen LogP contribution in [0.4, 0.5) is 0 Å². The zero-order chi connectivity index (χ0) is 29.1. The van der Waals surface area contributed by atoms with Gasteiger partial charge in [0, 0.05) is 6.04 Å². The molecular weight excluding hydrogens is 484 g/mol. The predicted octanol–water partition coefficient (Wildman–Crippen LogP) is 9.97. The molecule has 0 amide bonds. The Morgan fingerprint density at radius 3 is 1.93 bits per heavy atom. The molecule has 0 aliphatic heterocycles. The van der Waals surface area contributed by atoms with Gasteiger partial charge in [-0.15, -0.1) is 0 Å². The Morgan fingerprint density at radius 2 is 1.35 bits per heavy atom. The van der Waals surface area contributed by atoms with Crippen molar-refractivity contribution in [2.24, 2.45) is 11.8 Å². The normalized spacial score (nSPS) is 13.8. The van der Waals surface area contributed by atoms with Gasteiger partial charge < -0.3 is 0 Å². The first-order valence-corrected chi connectivity index (χ1v) is 14.1. The van der Waals surface area contributed by atoms with Crippen LogP contribution in [0.5, 0.6) is 0 Å². The summed E-state index contributed by atoms with van der Waals surface area (Å²) in [6.45, 7) is 16.9. The number of hydrazine groups is 1. The number of allylic oxidation sites excluding steroid dienone is 11. The molecule has 0 bridgehead atoms. The number of nitrogens with two attached hydrogens (primary N) is 1. The van der Waals surface area contributed by atoms with Crippen molar-refractivity contribution in [1.29, 1.82) is 0 Å². The molecule has 3 aromatic carbocycles. The van der Waals surface area contributed by atoms with Gasteiger partial charge in [0.25, 0.3) is 0 Å². The highest BCUT2D eigenvalue weighted by atomic mass is 15.2. The van der Waals surface area contributed by atoms with Crippen molar-refractivity contribution in [1.82, 2.24) is 5.43 Å². The summed E-state index contributed by atoms with van der Waals surface area (Å²) in [4.78, 5) is 0. The molecule has 0 spiro atoms. The maximum absolute atomic E-state index is 5.88. The van der Waals surface area contributed by atoms with Crippen LogP contribution < -0.4 is 11.3 Å². The van der Waals surface area contributed by atoms with Crippen LogP contribution in [0.1, 0.15) is 75.4 Å². The van der Waals surface area contributed by atoms with E-state index in [1.54, 1.807) is 0 Å². The summed E-state index contributed by atoms with van der Waals surface area (Å²) in [5.74, 6) is 6.25. The summed E-state index contributed by atoms with van der Waals surface area (Å²) in [7, 11) is 0. The highest BCUT2D eigenvalue weighted by Gasteiger charge is 2.15. The van der Waals surface area contributed by atoms with Crippen molar-refractivity contribution in [3.05, 3.63) is 155 Å². The van der Waals surface area contributed by atoms with E-state index < -0.39 is 0 Å². The predicted molar refractivity (Wildman–Crippen MR) is 177 cm³/mol. The Bertz CT molecular complexity index is 1440. The van der Waals surface area contributed by atoms with E-state index in [4.69, 9.17) is 5.84 Å². The second kappa shape index (κ2) is 15.0. The van der Waals surface area contributed by atoms with Crippen LogP contribution in [0.15, 0.2) is 127 Å². The second-order valence-electron chi connectivity index (χ2n) is 10.5. The van der Waals surface area contributed by atoms with E-state index in [1.807, 2.05) is 6.08 Å². The average molecular weight is 529 g/mol. The summed E-state index contributed by atoms with van der Waals surface area (Å²) >= 11 is 0. The monoisotopic (exact) mass is 528 g/mol. The molecule has 0 aromatic heterocycles. The van der Waals surface area contributed by atoms with Crippen LogP contribution in [-0.2, 0) is 0 Å². The van der Waals surface area contributed by atoms with Gasteiger partial charge in [0.05, 0.1) is 0 Å². The first-order valence-electron chi connectivity index (χ1n) is 14.1. The SMILES string of the molecule is C=C/C(=C\C(=C/C)c1cccc(C(=C/C)/C(=C\C=C(C)C)c2ccccc2)c1)c1cccc(C(NN)C(C)C)c1. The molecule has 2 heteroatoms. The Morgan fingerprint density at radius 1 is 0.725 bits per heavy atom. The molecule has 0 heterocycles. The number of benzene rings is 3. The van der Waals surface area contributed by atoms with Gasteiger partial charge >= 0.3 is 0 Å². The summed E-state index contributed by atoms with van der Waals surface area (Å²) in [6.07, 6.45) is 12.9. The van der Waals surface area contributed by atoms with E-state index in [0.29, 0.717) is 5.92 Å². The highest BCUT2D eigenvalue weighted by Crippen LogP contribution is 2.34. The largest absolute Gasteiger partial charge is 0.271 e. The lowest BCUT2D eigenvalue weighted by atomic mass is 9.89. The molecular formula is C38H44N2. The van der Waals surface area contributed by atoms with Crippen LogP contribution in [-0.4, -0.2) is 0 Å². The minimum Gasteiger partial charge on any atom is -0.271 e. The van der Waals surface area contributed by atoms with Crippen molar-refractivity contribution in [2.75, 3.05) is 0 Å². The molecule has 3 N–H and O–H groups in total. The van der Waals surface area contributed by atoms with Gasteiger partial charge in [-0.2, -0.15) is 0 Å². The van der Waals surface area contributed by atoms with E-state index in [9.17, 15) is 0 Å². The molecule has 1 unspecified atom stereocenters. The number of hydrogen-bond acceptors (Lipinski definition) is 2. The maximum Gasteiger partial charge on any atom is 0.0483 e. The molecule has 0 saturated carbocycles. The second-order valence-corrected chi connectivity index (χ2v) is 10.5. The molecule has 2 nitrogen and oxygen atoms in total. The minimum atomic E-state index is 0.0846. The number of hydrogen-bond donors (Lipinski definition) is 2. The third kappa shape index (κ3) is 7.79. The third-order valence-electron chi connectivity index (χ3n) is 7.02. The number of nitrogens with one attached hydrogen (secondary N) is 1. The van der Waals surface area contributed by atoms with Crippen LogP contribution in [0.25, 0.3) is 22.3 Å². The third-order valence-corrected chi connectivity index (χ3v) is 7.02. The van der Waals surface area contributed by atoms with Crippen LogP contribution in [0, 0.1) is 5.92 Å². The van der Waals surface area contributed by atoms with Crippen molar-refractivity contribution >= 4 is 22.3 Å². The molecule has 0 aliphatic carbocycles. The molecule has 3 aromatic rings. The molecule has 0 saturated heterocycles. The van der Waals surface area contributed by atoms with E-state index in [0.717, 1.165) is 22.3 Å². The average Bonchev–Trinajstić information content (AvgIpc) is 2.96. The fourth-order valence-electron chi connectivity index (χ4n) is 4.90. The number of rotatable bonds is 11. The van der Waals surface area contributed by atoms with Crippen LogP contribution >= 0.6 is 0 Å². The van der Waals surface area contributed by atoms with Gasteiger partial charge in [-0.3, -0.25) is 11.3 Å². The first kappa shape index (κ1) is 30.6.